The van der Waals surface area contributed by atoms with E-state index in [9.17, 15) is 19.2 Å². The Morgan fingerprint density at radius 2 is 1.26 bits per heavy atom. The van der Waals surface area contributed by atoms with E-state index in [4.69, 9.17) is 14.5 Å². The molecule has 4 atom stereocenters. The van der Waals surface area contributed by atoms with Crippen LogP contribution in [0.3, 0.4) is 0 Å². The minimum absolute atomic E-state index is 0.216. The summed E-state index contributed by atoms with van der Waals surface area (Å²) in [7, 11) is 2.55. The largest absolute Gasteiger partial charge is 0.453 e. The second-order valence-corrected chi connectivity index (χ2v) is 16.1. The Morgan fingerprint density at radius 3 is 1.81 bits per heavy atom. The highest BCUT2D eigenvalue weighted by molar-refractivity contribution is 7.29. The molecule has 4 N–H and O–H groups in total. The number of aromatic amines is 2. The quantitative estimate of drug-likeness (QED) is 0.113. The second-order valence-electron chi connectivity index (χ2n) is 13.9. The van der Waals surface area contributed by atoms with Gasteiger partial charge in [-0.05, 0) is 60.8 Å². The number of alkyl carbamates (subject to hydrolysis) is 2. The standard InChI is InChI=1S/C42H40N8O6S2/c1-55-41(53)47-35(25-11-5-3-6-12-25)39(51)49-19-9-15-30(49)37-43-23-27(45-37)17-18-28-21-33-34(57-28)22-32(58-33)29-24-44-38(46-29)31-16-10-20-50(31)40(52)36(48-42(54)56-2)26-13-7-4-8-14-26/h3-8,11-14,21-24,30-31,35-36H,9-10,15-16,19-20H2,1-2H3,(H,43,45)(H,44,46)(H,47,53)(H,48,54). The highest BCUT2D eigenvalue weighted by atomic mass is 32.1. The van der Waals surface area contributed by atoms with Crippen molar-refractivity contribution in [2.24, 2.45) is 0 Å². The molecule has 0 bridgehead atoms. The number of carbonyl (C=O) groups excluding carboxylic acids is 4. The maximum absolute atomic E-state index is 13.9. The van der Waals surface area contributed by atoms with Gasteiger partial charge in [0.25, 0.3) is 11.8 Å². The molecule has 2 saturated heterocycles. The molecule has 296 valence electrons. The van der Waals surface area contributed by atoms with E-state index in [0.29, 0.717) is 41.6 Å². The van der Waals surface area contributed by atoms with Crippen LogP contribution < -0.4 is 10.6 Å². The van der Waals surface area contributed by atoms with Gasteiger partial charge < -0.3 is 39.9 Å². The molecule has 16 heteroatoms. The Balaban J connectivity index is 0.939. The number of hydrogen-bond acceptors (Lipinski definition) is 10. The number of benzene rings is 2. The third-order valence-corrected chi connectivity index (χ3v) is 12.6. The van der Waals surface area contributed by atoms with Crippen molar-refractivity contribution in [3.05, 3.63) is 119 Å². The number of rotatable bonds is 9. The first kappa shape index (κ1) is 38.4. The summed E-state index contributed by atoms with van der Waals surface area (Å²) in [4.78, 5) is 73.7. The monoisotopic (exact) mass is 816 g/mol. The van der Waals surface area contributed by atoms with Gasteiger partial charge in [-0.15, -0.1) is 22.7 Å². The zero-order valence-corrected chi connectivity index (χ0v) is 33.3. The maximum Gasteiger partial charge on any atom is 0.407 e. The summed E-state index contributed by atoms with van der Waals surface area (Å²) < 4.78 is 11.8. The van der Waals surface area contributed by atoms with Crippen LogP contribution in [-0.4, -0.2) is 81.0 Å². The van der Waals surface area contributed by atoms with Crippen molar-refractivity contribution in [2.45, 2.75) is 49.9 Å². The number of likely N-dealkylation sites (tertiary alicyclic amines) is 2. The third-order valence-electron chi connectivity index (χ3n) is 10.3. The lowest BCUT2D eigenvalue weighted by atomic mass is 10.1. The van der Waals surface area contributed by atoms with E-state index in [0.717, 1.165) is 50.5 Å². The fourth-order valence-corrected chi connectivity index (χ4v) is 9.76. The summed E-state index contributed by atoms with van der Waals surface area (Å²) in [6, 6.07) is 20.1. The van der Waals surface area contributed by atoms with Crippen molar-refractivity contribution in [3.63, 3.8) is 0 Å². The fourth-order valence-electron chi connectivity index (χ4n) is 7.54. The average Bonchev–Trinajstić information content (AvgIpc) is 4.11. The first-order valence-electron chi connectivity index (χ1n) is 18.8. The van der Waals surface area contributed by atoms with E-state index in [2.05, 4.69) is 49.6 Å². The molecule has 0 spiro atoms. The predicted octanol–water partition coefficient (Wildman–Crippen LogP) is 7.00. The van der Waals surface area contributed by atoms with Gasteiger partial charge in [0.05, 0.1) is 54.1 Å². The number of nitrogens with zero attached hydrogens (tertiary/aromatic N) is 4. The normalized spacial score (nSPS) is 17.3. The number of nitrogens with one attached hydrogen (secondary N) is 4. The zero-order chi connectivity index (χ0) is 40.2. The van der Waals surface area contributed by atoms with Crippen molar-refractivity contribution in [1.29, 1.82) is 0 Å². The summed E-state index contributed by atoms with van der Waals surface area (Å²) in [5.74, 6) is 7.37. The van der Waals surface area contributed by atoms with Crippen LogP contribution in [-0.2, 0) is 19.1 Å². The molecule has 2 aromatic carbocycles. The van der Waals surface area contributed by atoms with Crippen LogP contribution in [0.25, 0.3) is 20.0 Å². The molecule has 6 aromatic rings. The van der Waals surface area contributed by atoms with E-state index in [1.54, 1.807) is 57.0 Å². The van der Waals surface area contributed by atoms with Gasteiger partial charge in [-0.2, -0.15) is 0 Å². The second kappa shape index (κ2) is 17.0. The molecule has 0 saturated carbocycles. The van der Waals surface area contributed by atoms with Crippen LogP contribution in [0.5, 0.6) is 0 Å². The number of amides is 4. The summed E-state index contributed by atoms with van der Waals surface area (Å²) in [6.07, 6.45) is 5.23. The van der Waals surface area contributed by atoms with Gasteiger partial charge in [-0.3, -0.25) is 9.59 Å². The molecule has 4 aromatic heterocycles. The van der Waals surface area contributed by atoms with Crippen LogP contribution in [0.2, 0.25) is 0 Å². The summed E-state index contributed by atoms with van der Waals surface area (Å²) in [6.45, 7) is 1.09. The highest BCUT2D eigenvalue weighted by Gasteiger charge is 2.38. The van der Waals surface area contributed by atoms with E-state index in [-0.39, 0.29) is 23.9 Å². The molecule has 8 rings (SSSR count). The molecule has 2 aliphatic rings. The molecule has 0 radical (unpaired) electrons. The minimum Gasteiger partial charge on any atom is -0.453 e. The van der Waals surface area contributed by atoms with Gasteiger partial charge in [-0.25, -0.2) is 19.6 Å². The molecule has 58 heavy (non-hydrogen) atoms. The number of fused-ring (bicyclic) bond motifs is 1. The Hall–Kier alpha value is -6.44. The Labute approximate surface area is 342 Å². The summed E-state index contributed by atoms with van der Waals surface area (Å²) >= 11 is 3.23. The number of hydrogen-bond donors (Lipinski definition) is 4. The van der Waals surface area contributed by atoms with Gasteiger partial charge in [0.1, 0.15) is 29.4 Å². The number of imidazole rings is 2. The third kappa shape index (κ3) is 8.04. The van der Waals surface area contributed by atoms with E-state index in [1.807, 2.05) is 48.5 Å². The lowest BCUT2D eigenvalue weighted by molar-refractivity contribution is -0.135. The smallest absolute Gasteiger partial charge is 0.407 e. The van der Waals surface area contributed by atoms with Crippen LogP contribution in [0, 0.1) is 11.8 Å². The topological polar surface area (TPSA) is 175 Å². The van der Waals surface area contributed by atoms with E-state index < -0.39 is 24.3 Å². The molecule has 2 fully saturated rings. The van der Waals surface area contributed by atoms with Crippen molar-refractivity contribution >= 4 is 56.1 Å². The van der Waals surface area contributed by atoms with Crippen LogP contribution in [0.1, 0.15) is 83.2 Å². The van der Waals surface area contributed by atoms with Gasteiger partial charge in [0.2, 0.25) is 0 Å². The maximum atomic E-state index is 13.9. The Bertz CT molecular complexity index is 2470. The van der Waals surface area contributed by atoms with Crippen molar-refractivity contribution in [1.82, 2.24) is 40.4 Å². The number of ether oxygens (including phenoxy) is 2. The molecular weight excluding hydrogens is 777 g/mol. The highest BCUT2D eigenvalue weighted by Crippen LogP contribution is 2.40. The predicted molar refractivity (Wildman–Crippen MR) is 219 cm³/mol. The summed E-state index contributed by atoms with van der Waals surface area (Å²) in [5.41, 5.74) is 2.85. The van der Waals surface area contributed by atoms with Gasteiger partial charge in [0, 0.05) is 22.5 Å². The number of aromatic nitrogens is 4. The van der Waals surface area contributed by atoms with Gasteiger partial charge in [0.15, 0.2) is 0 Å². The fraction of sp³-hybridized carbons (Fsp3) is 0.286. The molecule has 14 nitrogen and oxygen atoms in total. The van der Waals surface area contributed by atoms with Gasteiger partial charge >= 0.3 is 12.2 Å². The molecule has 4 amide bonds. The van der Waals surface area contributed by atoms with Gasteiger partial charge in [-0.1, -0.05) is 60.7 Å². The number of H-pyrrole nitrogens is 2. The molecule has 4 unspecified atom stereocenters. The molecule has 2 aliphatic heterocycles. The van der Waals surface area contributed by atoms with Crippen LogP contribution in [0.15, 0.2) is 85.2 Å². The number of thiophene rings is 2. The molecule has 0 aliphatic carbocycles. The van der Waals surface area contributed by atoms with Crippen molar-refractivity contribution < 1.29 is 28.7 Å². The SMILES string of the molecule is COC(=O)NC(C(=O)N1CCCC1c1ncc(C#Cc2cc3sc(-c4cnc(C5CCCN5C(=O)C(NC(=O)OC)c5ccccc5)[nH]4)cc3s2)[nH]1)c1ccccc1. The number of carbonyl (C=O) groups is 4. The lowest BCUT2D eigenvalue weighted by Gasteiger charge is -2.28. The minimum atomic E-state index is -0.892. The van der Waals surface area contributed by atoms with Crippen molar-refractivity contribution in [3.8, 4) is 22.4 Å². The zero-order valence-electron chi connectivity index (χ0n) is 31.7. The molecular formula is C42H40N8O6S2. The Morgan fingerprint density at radius 1 is 0.724 bits per heavy atom. The first-order valence-corrected chi connectivity index (χ1v) is 20.5. The summed E-state index contributed by atoms with van der Waals surface area (Å²) in [5, 5.41) is 5.40. The average molecular weight is 817 g/mol. The van der Waals surface area contributed by atoms with Crippen LogP contribution in [0.4, 0.5) is 9.59 Å². The van der Waals surface area contributed by atoms with Crippen LogP contribution >= 0.6 is 22.7 Å². The van der Waals surface area contributed by atoms with E-state index >= 15 is 0 Å². The lowest BCUT2D eigenvalue weighted by Crippen LogP contribution is -2.42. The molecule has 6 heterocycles. The van der Waals surface area contributed by atoms with E-state index in [1.165, 1.54) is 14.2 Å². The Kier molecular flexibility index (Phi) is 11.2. The first-order chi connectivity index (χ1) is 28.3. The number of methoxy groups -OCH3 is 2. The van der Waals surface area contributed by atoms with Crippen molar-refractivity contribution in [2.75, 3.05) is 27.3 Å².